The van der Waals surface area contributed by atoms with Gasteiger partial charge in [-0.15, -0.1) is 0 Å². The Kier molecular flexibility index (Phi) is 10.3. The molecule has 13 nitrogen and oxygen atoms in total. The zero-order chi connectivity index (χ0) is 33.8. The van der Waals surface area contributed by atoms with Crippen LogP contribution in [-0.4, -0.2) is 62.7 Å². The van der Waals surface area contributed by atoms with Gasteiger partial charge in [-0.25, -0.2) is 13.2 Å². The molecule has 0 aliphatic heterocycles. The molecule has 4 rings (SSSR count). The van der Waals surface area contributed by atoms with Gasteiger partial charge in [-0.3, -0.25) is 19.4 Å². The smallest absolute Gasteiger partial charge is 0.326 e. The number of carbonyl (C=O) groups excluding carboxylic acids is 1. The molecule has 4 atom stereocenters. The standard InChI is InChI=1S/C32H37N5O8S/c1-4-5-23(46(44,45)22-12-6-17(2)7-13-22)14-21(30(40)41)15-25(31(42)43)35-28(38)20-10-8-19(9-11-20)18(3)24-16-34-27-26(24)29(39)37-32(33)36-27/h6-13,16,18,21,23,25H,4-5,14-15H2,1-3H3,(H,35,38)(H,40,41)(H,42,43)(H4,33,34,36,37,39)/t18?,21?,23?,25-/m0/s1. The average Bonchev–Trinajstić information content (AvgIpc) is 3.43. The van der Waals surface area contributed by atoms with Crippen LogP contribution in [0.2, 0.25) is 0 Å². The number of sulfone groups is 1. The number of aryl methyl sites for hydroxylation is 1. The normalized spacial score (nSPS) is 14.3. The van der Waals surface area contributed by atoms with E-state index in [0.717, 1.165) is 11.1 Å². The largest absolute Gasteiger partial charge is 0.481 e. The lowest BCUT2D eigenvalue weighted by Gasteiger charge is -2.24. The number of carboxylic acid groups (broad SMARTS) is 2. The molecule has 0 bridgehead atoms. The lowest BCUT2D eigenvalue weighted by atomic mass is 9.92. The van der Waals surface area contributed by atoms with E-state index in [-0.39, 0.29) is 35.2 Å². The summed E-state index contributed by atoms with van der Waals surface area (Å²) in [7, 11) is -3.90. The predicted molar refractivity (Wildman–Crippen MR) is 171 cm³/mol. The number of nitrogens with one attached hydrogen (secondary N) is 3. The summed E-state index contributed by atoms with van der Waals surface area (Å²) in [6.45, 7) is 5.47. The summed E-state index contributed by atoms with van der Waals surface area (Å²) in [6.07, 6.45) is 1.49. The molecule has 14 heteroatoms. The van der Waals surface area contributed by atoms with Gasteiger partial charge in [0.05, 0.1) is 21.4 Å². The number of H-pyrrole nitrogens is 2. The van der Waals surface area contributed by atoms with E-state index in [2.05, 4.69) is 20.3 Å². The molecular weight excluding hydrogens is 614 g/mol. The van der Waals surface area contributed by atoms with E-state index in [1.165, 1.54) is 24.3 Å². The first-order valence-electron chi connectivity index (χ1n) is 14.8. The first-order chi connectivity index (χ1) is 21.7. The molecule has 2 aromatic heterocycles. The van der Waals surface area contributed by atoms with Crippen LogP contribution in [0.4, 0.5) is 5.95 Å². The number of nitrogen functional groups attached to an aromatic ring is 1. The van der Waals surface area contributed by atoms with Gasteiger partial charge in [0.25, 0.3) is 11.5 Å². The topological polar surface area (TPSA) is 225 Å². The van der Waals surface area contributed by atoms with E-state index >= 15 is 0 Å². The number of aromatic amines is 2. The summed E-state index contributed by atoms with van der Waals surface area (Å²) in [5, 5.41) is 21.5. The Morgan fingerprint density at radius 3 is 2.24 bits per heavy atom. The summed E-state index contributed by atoms with van der Waals surface area (Å²) >= 11 is 0. The van der Waals surface area contributed by atoms with Crippen molar-refractivity contribution in [2.24, 2.45) is 5.92 Å². The third kappa shape index (κ3) is 7.45. The number of hydrogen-bond donors (Lipinski definition) is 6. The van der Waals surface area contributed by atoms with E-state index in [1.54, 1.807) is 37.4 Å². The molecule has 0 saturated carbocycles. The second-order valence-corrected chi connectivity index (χ2v) is 13.6. The number of hydrogen-bond acceptors (Lipinski definition) is 8. The summed E-state index contributed by atoms with van der Waals surface area (Å²) in [4.78, 5) is 59.5. The van der Waals surface area contributed by atoms with Gasteiger partial charge in [0.1, 0.15) is 11.7 Å². The van der Waals surface area contributed by atoms with E-state index in [4.69, 9.17) is 5.73 Å². The Morgan fingerprint density at radius 1 is 1.00 bits per heavy atom. The van der Waals surface area contributed by atoms with Crippen molar-refractivity contribution in [1.82, 2.24) is 20.3 Å². The van der Waals surface area contributed by atoms with Gasteiger partial charge in [-0.05, 0) is 61.6 Å². The fraction of sp³-hybridized carbons (Fsp3) is 0.344. The van der Waals surface area contributed by atoms with Crippen molar-refractivity contribution in [1.29, 1.82) is 0 Å². The van der Waals surface area contributed by atoms with E-state index in [9.17, 15) is 37.8 Å². The van der Waals surface area contributed by atoms with Crippen LogP contribution in [0.5, 0.6) is 0 Å². The minimum absolute atomic E-state index is 0.0173. The van der Waals surface area contributed by atoms with Crippen LogP contribution < -0.4 is 16.6 Å². The fourth-order valence-electron chi connectivity index (χ4n) is 5.53. The zero-order valence-electron chi connectivity index (χ0n) is 25.6. The summed E-state index contributed by atoms with van der Waals surface area (Å²) in [5.41, 5.74) is 7.99. The highest BCUT2D eigenvalue weighted by Crippen LogP contribution is 2.30. The number of rotatable bonds is 14. The van der Waals surface area contributed by atoms with Crippen LogP contribution in [0.15, 0.2) is 64.4 Å². The molecule has 4 aromatic rings. The van der Waals surface area contributed by atoms with Crippen LogP contribution >= 0.6 is 0 Å². The maximum atomic E-state index is 13.4. The first-order valence-corrected chi connectivity index (χ1v) is 16.3. The molecule has 2 heterocycles. The van der Waals surface area contributed by atoms with Gasteiger partial charge in [0.2, 0.25) is 5.95 Å². The molecule has 0 aliphatic carbocycles. The number of carboxylic acids is 2. The van der Waals surface area contributed by atoms with Gasteiger partial charge < -0.3 is 26.2 Å². The Morgan fingerprint density at radius 2 is 1.65 bits per heavy atom. The van der Waals surface area contributed by atoms with Crippen molar-refractivity contribution >= 4 is 44.7 Å². The van der Waals surface area contributed by atoms with Crippen LogP contribution in [0.25, 0.3) is 11.0 Å². The molecule has 0 aliphatic rings. The Hall–Kier alpha value is -4.98. The van der Waals surface area contributed by atoms with Crippen molar-refractivity contribution < 1.29 is 33.0 Å². The third-order valence-electron chi connectivity index (χ3n) is 8.15. The van der Waals surface area contributed by atoms with Gasteiger partial charge in [-0.2, -0.15) is 4.98 Å². The fourth-order valence-corrected chi connectivity index (χ4v) is 7.46. The van der Waals surface area contributed by atoms with Crippen molar-refractivity contribution in [3.8, 4) is 0 Å². The van der Waals surface area contributed by atoms with Gasteiger partial charge in [0, 0.05) is 17.7 Å². The molecular formula is C32H37N5O8S. The third-order valence-corrected chi connectivity index (χ3v) is 10.4. The number of benzene rings is 2. The second kappa shape index (κ2) is 14.0. The summed E-state index contributed by atoms with van der Waals surface area (Å²) < 4.78 is 26.8. The molecule has 0 fully saturated rings. The van der Waals surface area contributed by atoms with Crippen LogP contribution in [0.1, 0.15) is 72.5 Å². The molecule has 46 heavy (non-hydrogen) atoms. The molecule has 1 amide bonds. The molecule has 0 spiro atoms. The van der Waals surface area contributed by atoms with Crippen LogP contribution in [-0.2, 0) is 19.4 Å². The lowest BCUT2D eigenvalue weighted by Crippen LogP contribution is -2.43. The second-order valence-electron chi connectivity index (χ2n) is 11.4. The number of anilines is 1. The van der Waals surface area contributed by atoms with E-state index in [1.807, 2.05) is 13.8 Å². The van der Waals surface area contributed by atoms with Gasteiger partial charge in [0.15, 0.2) is 9.84 Å². The number of aliphatic carboxylic acids is 2. The number of nitrogens with two attached hydrogens (primary N) is 1. The highest BCUT2D eigenvalue weighted by Gasteiger charge is 2.35. The highest BCUT2D eigenvalue weighted by atomic mass is 32.2. The molecule has 3 unspecified atom stereocenters. The number of nitrogens with zero attached hydrogens (tertiary/aromatic N) is 1. The SMILES string of the molecule is CCCC(CC(C[C@H](NC(=O)c1ccc(C(C)c2c[nH]c3nc(N)[nH]c(=O)c23)cc1)C(=O)O)C(=O)O)S(=O)(=O)c1ccc(C)cc1. The average molecular weight is 652 g/mol. The van der Waals surface area contributed by atoms with Gasteiger partial charge >= 0.3 is 11.9 Å². The Bertz CT molecular complexity index is 1900. The Balaban J connectivity index is 1.49. The summed E-state index contributed by atoms with van der Waals surface area (Å²) in [6, 6.07) is 11.0. The number of carbonyl (C=O) groups is 3. The maximum Gasteiger partial charge on any atom is 0.326 e. The van der Waals surface area contributed by atoms with Crippen molar-refractivity contribution in [3.63, 3.8) is 0 Å². The molecule has 244 valence electrons. The van der Waals surface area contributed by atoms with Crippen molar-refractivity contribution in [3.05, 3.63) is 87.3 Å². The monoisotopic (exact) mass is 651 g/mol. The minimum Gasteiger partial charge on any atom is -0.481 e. The lowest BCUT2D eigenvalue weighted by molar-refractivity contribution is -0.144. The molecule has 0 saturated heterocycles. The van der Waals surface area contributed by atoms with Crippen LogP contribution in [0, 0.1) is 12.8 Å². The molecule has 0 radical (unpaired) electrons. The van der Waals surface area contributed by atoms with E-state index in [0.29, 0.717) is 23.0 Å². The van der Waals surface area contributed by atoms with Gasteiger partial charge in [-0.1, -0.05) is 50.1 Å². The minimum atomic E-state index is -3.90. The van der Waals surface area contributed by atoms with Crippen molar-refractivity contribution in [2.75, 3.05) is 5.73 Å². The quantitative estimate of drug-likeness (QED) is 0.116. The van der Waals surface area contributed by atoms with Crippen LogP contribution in [0.3, 0.4) is 0 Å². The van der Waals surface area contributed by atoms with Crippen molar-refractivity contribution in [2.45, 2.75) is 68.6 Å². The highest BCUT2D eigenvalue weighted by molar-refractivity contribution is 7.92. The number of fused-ring (bicyclic) bond motifs is 1. The van der Waals surface area contributed by atoms with E-state index < -0.39 is 56.9 Å². The number of amides is 1. The first kappa shape index (κ1) is 33.9. The molecule has 2 aromatic carbocycles. The zero-order valence-corrected chi connectivity index (χ0v) is 26.4. The summed E-state index contributed by atoms with van der Waals surface area (Å²) in [5.74, 6) is -5.20. The molecule has 7 N–H and O–H groups in total. The maximum absolute atomic E-state index is 13.4. The number of aromatic nitrogens is 3. The Labute approximate surface area is 265 Å². The predicted octanol–water partition coefficient (Wildman–Crippen LogP) is 3.60.